The highest BCUT2D eigenvalue weighted by atomic mass is 32.1. The Morgan fingerprint density at radius 1 is 1.57 bits per heavy atom. The van der Waals surface area contributed by atoms with Crippen molar-refractivity contribution in [3.63, 3.8) is 0 Å². The fraction of sp³-hybridized carbons (Fsp3) is 0.500. The number of thiophene rings is 1. The molecule has 1 aliphatic carbocycles. The zero-order valence-electron chi connectivity index (χ0n) is 7.90. The monoisotopic (exact) mass is 210 g/mol. The van der Waals surface area contributed by atoms with Crippen LogP contribution >= 0.6 is 11.3 Å². The van der Waals surface area contributed by atoms with Crippen LogP contribution < -0.4 is 11.5 Å². The summed E-state index contributed by atoms with van der Waals surface area (Å²) in [5.74, 6) is -0.248. The molecule has 4 heteroatoms. The molecule has 3 nitrogen and oxygen atoms in total. The molecule has 1 atom stereocenters. The van der Waals surface area contributed by atoms with Gasteiger partial charge in [0.05, 0.1) is 5.41 Å². The predicted molar refractivity (Wildman–Crippen MR) is 56.7 cm³/mol. The van der Waals surface area contributed by atoms with E-state index >= 15 is 0 Å². The molecule has 1 saturated carbocycles. The Labute approximate surface area is 87.1 Å². The minimum Gasteiger partial charge on any atom is -0.369 e. The van der Waals surface area contributed by atoms with Crippen molar-refractivity contribution in [1.29, 1.82) is 0 Å². The van der Waals surface area contributed by atoms with E-state index in [1.807, 2.05) is 16.8 Å². The largest absolute Gasteiger partial charge is 0.369 e. The molecule has 2 rings (SSSR count). The van der Waals surface area contributed by atoms with Crippen molar-refractivity contribution in [2.45, 2.75) is 25.3 Å². The molecule has 1 aliphatic rings. The van der Waals surface area contributed by atoms with Gasteiger partial charge in [-0.1, -0.05) is 6.42 Å². The summed E-state index contributed by atoms with van der Waals surface area (Å²) < 4.78 is 0. The lowest BCUT2D eigenvalue weighted by molar-refractivity contribution is -0.134. The summed E-state index contributed by atoms with van der Waals surface area (Å²) in [5.41, 5.74) is 12.1. The molecule has 14 heavy (non-hydrogen) atoms. The summed E-state index contributed by atoms with van der Waals surface area (Å²) in [5, 5.41) is 3.97. The highest BCUT2D eigenvalue weighted by Gasteiger charge is 2.48. The predicted octanol–water partition coefficient (Wildman–Crippen LogP) is 1.40. The van der Waals surface area contributed by atoms with Gasteiger partial charge in [0.15, 0.2) is 0 Å². The highest BCUT2D eigenvalue weighted by Crippen LogP contribution is 2.49. The first kappa shape index (κ1) is 9.68. The third kappa shape index (κ3) is 1.26. The Balaban J connectivity index is 2.25. The zero-order chi connectivity index (χ0) is 10.2. The fourth-order valence-corrected chi connectivity index (χ4v) is 2.74. The molecule has 0 aliphatic heterocycles. The van der Waals surface area contributed by atoms with Crippen molar-refractivity contribution in [2.24, 2.45) is 16.9 Å². The van der Waals surface area contributed by atoms with Gasteiger partial charge in [-0.15, -0.1) is 0 Å². The molecule has 1 aromatic heterocycles. The molecule has 1 heterocycles. The maximum atomic E-state index is 11.4. The number of nitrogens with two attached hydrogens (primary N) is 2. The first-order valence-corrected chi connectivity index (χ1v) is 5.69. The highest BCUT2D eigenvalue weighted by molar-refractivity contribution is 7.07. The van der Waals surface area contributed by atoms with Gasteiger partial charge in [-0.3, -0.25) is 4.79 Å². The van der Waals surface area contributed by atoms with Gasteiger partial charge in [0.1, 0.15) is 0 Å². The molecule has 1 unspecified atom stereocenters. The van der Waals surface area contributed by atoms with E-state index in [2.05, 4.69) is 0 Å². The number of primary amides is 1. The van der Waals surface area contributed by atoms with Crippen LogP contribution in [0.15, 0.2) is 16.8 Å². The van der Waals surface area contributed by atoms with E-state index in [0.717, 1.165) is 24.8 Å². The second-order valence-corrected chi connectivity index (χ2v) is 4.69. The number of rotatable bonds is 3. The standard InChI is InChI=1S/C10H14N2OS/c11-8(7-2-5-14-6-7)10(9(12)13)3-1-4-10/h2,5-6,8H,1,3-4,11H2,(H2,12,13). The molecule has 1 fully saturated rings. The van der Waals surface area contributed by atoms with Crippen LogP contribution in [0.25, 0.3) is 0 Å². The van der Waals surface area contributed by atoms with Crippen LogP contribution in [0.1, 0.15) is 30.9 Å². The lowest BCUT2D eigenvalue weighted by Crippen LogP contribution is -2.50. The Bertz CT molecular complexity index is 330. The van der Waals surface area contributed by atoms with Crippen molar-refractivity contribution in [2.75, 3.05) is 0 Å². The molecule has 0 radical (unpaired) electrons. The Hall–Kier alpha value is -0.870. The minimum absolute atomic E-state index is 0.222. The van der Waals surface area contributed by atoms with Crippen molar-refractivity contribution in [1.82, 2.24) is 0 Å². The van der Waals surface area contributed by atoms with E-state index in [9.17, 15) is 4.79 Å². The average molecular weight is 210 g/mol. The zero-order valence-corrected chi connectivity index (χ0v) is 8.72. The van der Waals surface area contributed by atoms with Crippen LogP contribution in [0.2, 0.25) is 0 Å². The first-order chi connectivity index (χ1) is 6.67. The maximum absolute atomic E-state index is 11.4. The Morgan fingerprint density at radius 2 is 2.29 bits per heavy atom. The summed E-state index contributed by atoms with van der Waals surface area (Å²) in [4.78, 5) is 11.4. The molecule has 0 aromatic carbocycles. The third-order valence-electron chi connectivity index (χ3n) is 3.23. The van der Waals surface area contributed by atoms with Gasteiger partial charge in [-0.25, -0.2) is 0 Å². The van der Waals surface area contributed by atoms with Gasteiger partial charge in [0, 0.05) is 6.04 Å². The van der Waals surface area contributed by atoms with E-state index in [4.69, 9.17) is 11.5 Å². The van der Waals surface area contributed by atoms with E-state index in [-0.39, 0.29) is 11.9 Å². The average Bonchev–Trinajstić information content (AvgIpc) is 2.51. The molecule has 4 N–H and O–H groups in total. The maximum Gasteiger partial charge on any atom is 0.225 e. The van der Waals surface area contributed by atoms with Gasteiger partial charge in [-0.2, -0.15) is 11.3 Å². The molecule has 1 amide bonds. The van der Waals surface area contributed by atoms with Crippen molar-refractivity contribution < 1.29 is 4.79 Å². The number of hydrogen-bond acceptors (Lipinski definition) is 3. The second kappa shape index (κ2) is 3.37. The molecule has 76 valence electrons. The van der Waals surface area contributed by atoms with Crippen LogP contribution in [0.4, 0.5) is 0 Å². The smallest absolute Gasteiger partial charge is 0.225 e. The third-order valence-corrected chi connectivity index (χ3v) is 3.94. The van der Waals surface area contributed by atoms with E-state index in [1.54, 1.807) is 11.3 Å². The molecule has 0 saturated heterocycles. The minimum atomic E-state index is -0.471. The summed E-state index contributed by atoms with van der Waals surface area (Å²) in [7, 11) is 0. The summed E-state index contributed by atoms with van der Waals surface area (Å²) in [6.45, 7) is 0. The molecular weight excluding hydrogens is 196 g/mol. The SMILES string of the molecule is NC(=O)C1(C(N)c2ccsc2)CCC1. The number of amides is 1. The van der Waals surface area contributed by atoms with Gasteiger partial charge < -0.3 is 11.5 Å². The van der Waals surface area contributed by atoms with Gasteiger partial charge in [0.2, 0.25) is 5.91 Å². The van der Waals surface area contributed by atoms with Crippen molar-refractivity contribution in [3.05, 3.63) is 22.4 Å². The van der Waals surface area contributed by atoms with E-state index in [1.165, 1.54) is 0 Å². The fourth-order valence-electron chi connectivity index (χ4n) is 2.04. The van der Waals surface area contributed by atoms with Crippen LogP contribution in [0.3, 0.4) is 0 Å². The number of hydrogen-bond donors (Lipinski definition) is 2. The van der Waals surface area contributed by atoms with Gasteiger partial charge in [-0.05, 0) is 35.2 Å². The molecule has 0 spiro atoms. The van der Waals surface area contributed by atoms with E-state index in [0.29, 0.717) is 0 Å². The first-order valence-electron chi connectivity index (χ1n) is 4.74. The van der Waals surface area contributed by atoms with Crippen LogP contribution in [0, 0.1) is 5.41 Å². The van der Waals surface area contributed by atoms with Crippen LogP contribution in [-0.2, 0) is 4.79 Å². The summed E-state index contributed by atoms with van der Waals surface area (Å²) >= 11 is 1.60. The van der Waals surface area contributed by atoms with E-state index < -0.39 is 5.41 Å². The van der Waals surface area contributed by atoms with Crippen molar-refractivity contribution in [3.8, 4) is 0 Å². The number of carbonyl (C=O) groups is 1. The van der Waals surface area contributed by atoms with Crippen LogP contribution in [-0.4, -0.2) is 5.91 Å². The summed E-state index contributed by atoms with van der Waals surface area (Å²) in [6.07, 6.45) is 2.72. The lowest BCUT2D eigenvalue weighted by atomic mass is 9.62. The quantitative estimate of drug-likeness (QED) is 0.791. The molecule has 1 aromatic rings. The van der Waals surface area contributed by atoms with Crippen LogP contribution in [0.5, 0.6) is 0 Å². The molecular formula is C10H14N2OS. The van der Waals surface area contributed by atoms with Gasteiger partial charge >= 0.3 is 0 Å². The topological polar surface area (TPSA) is 69.1 Å². The Kier molecular flexibility index (Phi) is 2.33. The normalized spacial score (nSPS) is 21.2. The van der Waals surface area contributed by atoms with Crippen molar-refractivity contribution >= 4 is 17.2 Å². The summed E-state index contributed by atoms with van der Waals surface area (Å²) in [6, 6.07) is 1.75. The Morgan fingerprint density at radius 3 is 2.64 bits per heavy atom. The lowest BCUT2D eigenvalue weighted by Gasteiger charge is -2.43. The molecule has 0 bridgehead atoms. The van der Waals surface area contributed by atoms with Gasteiger partial charge in [0.25, 0.3) is 0 Å². The second-order valence-electron chi connectivity index (χ2n) is 3.91. The number of carbonyl (C=O) groups excluding carboxylic acids is 1.